The van der Waals surface area contributed by atoms with Gasteiger partial charge in [-0.3, -0.25) is 14.4 Å². The van der Waals surface area contributed by atoms with Gasteiger partial charge < -0.3 is 4.90 Å². The highest BCUT2D eigenvalue weighted by molar-refractivity contribution is 7.22. The molecule has 6 nitrogen and oxygen atoms in total. The molecule has 0 aliphatic heterocycles. The van der Waals surface area contributed by atoms with E-state index in [4.69, 9.17) is 4.98 Å². The fraction of sp³-hybridized carbons (Fsp3) is 0.500. The first-order chi connectivity index (χ1) is 13.8. The van der Waals surface area contributed by atoms with Gasteiger partial charge in [-0.2, -0.15) is 5.10 Å². The number of rotatable bonds is 8. The quantitative estimate of drug-likeness (QED) is 0.480. The minimum atomic E-state index is -0.0926. The summed E-state index contributed by atoms with van der Waals surface area (Å²) in [5.74, 6) is -0.0926. The van der Waals surface area contributed by atoms with Gasteiger partial charge in [-0.25, -0.2) is 4.98 Å². The van der Waals surface area contributed by atoms with Crippen LogP contribution in [0.15, 0.2) is 24.4 Å². The van der Waals surface area contributed by atoms with E-state index >= 15 is 0 Å². The zero-order chi connectivity index (χ0) is 21.1. The average Bonchev–Trinajstić information content (AvgIpc) is 3.36. The summed E-state index contributed by atoms with van der Waals surface area (Å²) < 4.78 is 2.93. The molecule has 0 spiro atoms. The second-order valence-corrected chi connectivity index (χ2v) is 8.62. The molecule has 2 aromatic heterocycles. The van der Waals surface area contributed by atoms with E-state index in [-0.39, 0.29) is 24.4 Å². The highest BCUT2D eigenvalue weighted by atomic mass is 35.5. The molecular formula is C22H32ClN5OS. The lowest BCUT2D eigenvalue weighted by molar-refractivity contribution is 0.0978. The first-order valence-electron chi connectivity index (χ1n) is 10.3. The maximum atomic E-state index is 13.4. The van der Waals surface area contributed by atoms with Gasteiger partial charge in [0.1, 0.15) is 0 Å². The number of anilines is 1. The van der Waals surface area contributed by atoms with Crippen LogP contribution in [0.2, 0.25) is 0 Å². The summed E-state index contributed by atoms with van der Waals surface area (Å²) >= 11 is 1.57. The Morgan fingerprint density at radius 3 is 2.43 bits per heavy atom. The molecule has 3 rings (SSSR count). The molecule has 0 bridgehead atoms. The van der Waals surface area contributed by atoms with Gasteiger partial charge in [-0.05, 0) is 64.0 Å². The number of aromatic nitrogens is 3. The van der Waals surface area contributed by atoms with Gasteiger partial charge in [0.15, 0.2) is 10.8 Å². The Morgan fingerprint density at radius 1 is 1.13 bits per heavy atom. The average molecular weight is 450 g/mol. The number of halogens is 1. The van der Waals surface area contributed by atoms with Crippen molar-refractivity contribution >= 4 is 45.0 Å². The Bertz CT molecular complexity index is 993. The lowest BCUT2D eigenvalue weighted by atomic mass is 10.1. The number of carbonyl (C=O) groups is 1. The molecule has 30 heavy (non-hydrogen) atoms. The molecule has 1 aromatic carbocycles. The van der Waals surface area contributed by atoms with E-state index in [1.54, 1.807) is 22.3 Å². The Balaban J connectivity index is 0.00000320. The fourth-order valence-electron chi connectivity index (χ4n) is 3.27. The van der Waals surface area contributed by atoms with Crippen LogP contribution in [-0.4, -0.2) is 51.8 Å². The summed E-state index contributed by atoms with van der Waals surface area (Å²) in [7, 11) is 0. The molecule has 0 saturated heterocycles. The van der Waals surface area contributed by atoms with Crippen molar-refractivity contribution in [3.05, 3.63) is 41.2 Å². The Kier molecular flexibility index (Phi) is 8.41. The number of thiazole rings is 1. The normalized spacial score (nSPS) is 11.3. The maximum Gasteiger partial charge on any atom is 0.280 e. The fourth-order valence-corrected chi connectivity index (χ4v) is 4.32. The Morgan fingerprint density at radius 2 is 1.83 bits per heavy atom. The number of nitrogens with zero attached hydrogens (tertiary/aromatic N) is 5. The van der Waals surface area contributed by atoms with Crippen molar-refractivity contribution in [2.75, 3.05) is 31.1 Å². The maximum absolute atomic E-state index is 13.4. The number of likely N-dealkylation sites (N-methyl/N-ethyl adjacent to an activating group) is 1. The largest absolute Gasteiger partial charge is 0.302 e. The highest BCUT2D eigenvalue weighted by Crippen LogP contribution is 2.32. The van der Waals surface area contributed by atoms with Crippen molar-refractivity contribution in [1.29, 1.82) is 0 Å². The van der Waals surface area contributed by atoms with Crippen molar-refractivity contribution in [2.24, 2.45) is 0 Å². The number of hydrogen-bond donors (Lipinski definition) is 0. The number of aryl methyl sites for hydroxylation is 2. The van der Waals surface area contributed by atoms with Crippen LogP contribution in [-0.2, 0) is 0 Å². The topological polar surface area (TPSA) is 54.3 Å². The number of hydrogen-bond acceptors (Lipinski definition) is 5. The van der Waals surface area contributed by atoms with Crippen LogP contribution in [0.4, 0.5) is 5.13 Å². The second kappa shape index (κ2) is 10.4. The molecule has 2 heterocycles. The van der Waals surface area contributed by atoms with Gasteiger partial charge in [0.05, 0.1) is 10.2 Å². The van der Waals surface area contributed by atoms with Gasteiger partial charge >= 0.3 is 0 Å². The van der Waals surface area contributed by atoms with Crippen LogP contribution in [0.5, 0.6) is 0 Å². The van der Waals surface area contributed by atoms with E-state index in [1.807, 2.05) is 10.9 Å². The molecule has 8 heteroatoms. The van der Waals surface area contributed by atoms with Gasteiger partial charge in [-0.15, -0.1) is 12.4 Å². The van der Waals surface area contributed by atoms with Gasteiger partial charge in [-0.1, -0.05) is 31.3 Å². The van der Waals surface area contributed by atoms with E-state index in [0.29, 0.717) is 12.2 Å². The van der Waals surface area contributed by atoms with Crippen molar-refractivity contribution in [3.8, 4) is 0 Å². The van der Waals surface area contributed by atoms with Crippen LogP contribution < -0.4 is 4.90 Å². The summed E-state index contributed by atoms with van der Waals surface area (Å²) in [5.41, 5.74) is 3.83. The van der Waals surface area contributed by atoms with Crippen molar-refractivity contribution in [2.45, 2.75) is 47.6 Å². The van der Waals surface area contributed by atoms with Crippen molar-refractivity contribution < 1.29 is 4.79 Å². The summed E-state index contributed by atoms with van der Waals surface area (Å²) in [6.07, 6.45) is 1.87. The van der Waals surface area contributed by atoms with Gasteiger partial charge in [0.2, 0.25) is 0 Å². The summed E-state index contributed by atoms with van der Waals surface area (Å²) in [5, 5.41) is 5.24. The van der Waals surface area contributed by atoms with Gasteiger partial charge in [0.25, 0.3) is 5.91 Å². The minimum absolute atomic E-state index is 0. The van der Waals surface area contributed by atoms with Crippen molar-refractivity contribution in [1.82, 2.24) is 19.7 Å². The zero-order valence-corrected chi connectivity index (χ0v) is 20.3. The van der Waals surface area contributed by atoms with Crippen LogP contribution in [0.25, 0.3) is 10.2 Å². The molecule has 0 N–H and O–H groups in total. The molecule has 0 unspecified atom stereocenters. The number of carbonyl (C=O) groups excluding carboxylic acids is 1. The molecule has 0 aliphatic rings. The Labute approximate surface area is 189 Å². The molecule has 0 atom stereocenters. The monoisotopic (exact) mass is 449 g/mol. The van der Waals surface area contributed by atoms with Crippen LogP contribution in [0.3, 0.4) is 0 Å². The molecule has 0 saturated carbocycles. The molecule has 0 radical (unpaired) electrons. The van der Waals surface area contributed by atoms with Crippen LogP contribution in [0, 0.1) is 13.8 Å². The predicted octanol–water partition coefficient (Wildman–Crippen LogP) is 5.10. The SMILES string of the molecule is CCN(CC)CCN(C(=O)c1ccn(C(C)C)n1)c1nc2c(C)c(C)ccc2s1.Cl. The number of amides is 1. The lowest BCUT2D eigenvalue weighted by Gasteiger charge is -2.24. The Hall–Kier alpha value is -1.96. The predicted molar refractivity (Wildman–Crippen MR) is 128 cm³/mol. The third-order valence-corrected chi connectivity index (χ3v) is 6.48. The molecule has 1 amide bonds. The van der Waals surface area contributed by atoms with E-state index in [1.165, 1.54) is 11.1 Å². The molecule has 0 fully saturated rings. The zero-order valence-electron chi connectivity index (χ0n) is 18.7. The van der Waals surface area contributed by atoms with E-state index in [2.05, 4.69) is 63.7 Å². The number of fused-ring (bicyclic) bond motifs is 1. The molecule has 0 aliphatic carbocycles. The molecular weight excluding hydrogens is 418 g/mol. The summed E-state index contributed by atoms with van der Waals surface area (Å²) in [4.78, 5) is 22.4. The molecule has 164 valence electrons. The van der Waals surface area contributed by atoms with Crippen LogP contribution in [0.1, 0.15) is 55.4 Å². The first kappa shape index (κ1) is 24.3. The summed E-state index contributed by atoms with van der Waals surface area (Å²) in [6, 6.07) is 6.23. The van der Waals surface area contributed by atoms with E-state index < -0.39 is 0 Å². The van der Waals surface area contributed by atoms with Gasteiger partial charge in [0, 0.05) is 25.3 Å². The smallest absolute Gasteiger partial charge is 0.280 e. The standard InChI is InChI=1S/C22H31N5OS.ClH/c1-7-25(8-2)13-14-26(21(28)18-11-12-27(24-18)15(3)4)22-23-20-17(6)16(5)9-10-19(20)29-22;/h9-12,15H,7-8,13-14H2,1-6H3;1H. The second-order valence-electron chi connectivity index (χ2n) is 7.61. The molecule has 3 aromatic rings. The van der Waals surface area contributed by atoms with E-state index in [0.717, 1.165) is 35.0 Å². The van der Waals surface area contributed by atoms with E-state index in [9.17, 15) is 4.79 Å². The third kappa shape index (κ3) is 5.02. The lowest BCUT2D eigenvalue weighted by Crippen LogP contribution is -2.39. The third-order valence-electron chi connectivity index (χ3n) is 5.44. The highest BCUT2D eigenvalue weighted by Gasteiger charge is 2.24. The first-order valence-corrected chi connectivity index (χ1v) is 11.1. The summed E-state index contributed by atoms with van der Waals surface area (Å²) in [6.45, 7) is 15.9. The minimum Gasteiger partial charge on any atom is -0.302 e. The van der Waals surface area contributed by atoms with Crippen LogP contribution >= 0.6 is 23.7 Å². The number of benzene rings is 1. The van der Waals surface area contributed by atoms with Crippen molar-refractivity contribution in [3.63, 3.8) is 0 Å².